The molecule has 0 aromatic rings. The lowest BCUT2D eigenvalue weighted by Gasteiger charge is -2.59. The molecule has 4 fully saturated rings. The summed E-state index contributed by atoms with van der Waals surface area (Å²) in [5.74, 6) is 3.28. The van der Waals surface area contributed by atoms with Crippen LogP contribution in [0.2, 0.25) is 0 Å². The van der Waals surface area contributed by atoms with Crippen LogP contribution < -0.4 is 5.32 Å². The molecule has 4 aliphatic carbocycles. The van der Waals surface area contributed by atoms with Crippen molar-refractivity contribution in [1.82, 2.24) is 5.32 Å². The molecule has 0 unspecified atom stereocenters. The molecule has 0 spiro atoms. The van der Waals surface area contributed by atoms with Crippen LogP contribution in [0.15, 0.2) is 0 Å². The quantitative estimate of drug-likeness (QED) is 0.749. The zero-order valence-corrected chi connectivity index (χ0v) is 10.3. The number of rotatable bonds is 3. The van der Waals surface area contributed by atoms with Gasteiger partial charge in [-0.1, -0.05) is 6.92 Å². The van der Waals surface area contributed by atoms with Gasteiger partial charge in [-0.2, -0.15) is 0 Å². The van der Waals surface area contributed by atoms with Gasteiger partial charge in [-0.15, -0.1) is 0 Å². The topological polar surface area (TPSA) is 12.0 Å². The lowest BCUT2D eigenvalue weighted by molar-refractivity contribution is -0.0700. The molecule has 1 N–H and O–H groups in total. The molecule has 0 radical (unpaired) electrons. The van der Waals surface area contributed by atoms with E-state index in [1.165, 1.54) is 19.3 Å². The smallest absolute Gasteiger partial charge is 0.00953 e. The zero-order chi connectivity index (χ0) is 10.5. The third-order valence-corrected chi connectivity index (χ3v) is 5.51. The van der Waals surface area contributed by atoms with Crippen LogP contribution >= 0.6 is 0 Å². The fourth-order valence-corrected chi connectivity index (χ4v) is 5.23. The van der Waals surface area contributed by atoms with Crippen LogP contribution in [0.25, 0.3) is 0 Å². The summed E-state index contributed by atoms with van der Waals surface area (Å²) < 4.78 is 0. The minimum atomic E-state index is 0.699. The number of hydrogen-bond donors (Lipinski definition) is 1. The van der Waals surface area contributed by atoms with E-state index in [2.05, 4.69) is 19.2 Å². The summed E-state index contributed by atoms with van der Waals surface area (Å²) in [6.07, 6.45) is 9.31. The van der Waals surface area contributed by atoms with Gasteiger partial charge in [0, 0.05) is 6.04 Å². The third-order valence-electron chi connectivity index (χ3n) is 5.51. The van der Waals surface area contributed by atoms with Gasteiger partial charge in [0.15, 0.2) is 0 Å². The van der Waals surface area contributed by atoms with Crippen LogP contribution in [0.1, 0.15) is 52.4 Å². The van der Waals surface area contributed by atoms with E-state index in [1.54, 1.807) is 19.3 Å². The molecule has 0 aliphatic heterocycles. The maximum Gasteiger partial charge on any atom is 0.00953 e. The molecule has 0 saturated heterocycles. The summed E-state index contributed by atoms with van der Waals surface area (Å²) in [6.45, 7) is 5.83. The first-order valence-corrected chi connectivity index (χ1v) is 6.95. The maximum atomic E-state index is 3.70. The van der Waals surface area contributed by atoms with Gasteiger partial charge in [0.05, 0.1) is 0 Å². The SMILES string of the molecule is CCN[C@H](C)C12CC3CC(CC(C3)C1)C2. The lowest BCUT2D eigenvalue weighted by Crippen LogP contribution is -2.54. The van der Waals surface area contributed by atoms with Crippen molar-refractivity contribution in [3.8, 4) is 0 Å². The Labute approximate surface area is 94.0 Å². The van der Waals surface area contributed by atoms with Gasteiger partial charge in [-0.3, -0.25) is 0 Å². The highest BCUT2D eigenvalue weighted by Crippen LogP contribution is 2.61. The van der Waals surface area contributed by atoms with Crippen molar-refractivity contribution in [2.75, 3.05) is 6.54 Å². The van der Waals surface area contributed by atoms with Crippen LogP contribution in [0.5, 0.6) is 0 Å². The average Bonchev–Trinajstić information content (AvgIpc) is 2.15. The Morgan fingerprint density at radius 2 is 1.53 bits per heavy atom. The van der Waals surface area contributed by atoms with Gasteiger partial charge in [0.25, 0.3) is 0 Å². The van der Waals surface area contributed by atoms with E-state index in [4.69, 9.17) is 0 Å². The van der Waals surface area contributed by atoms with Crippen molar-refractivity contribution in [3.63, 3.8) is 0 Å². The van der Waals surface area contributed by atoms with E-state index in [1.807, 2.05) is 0 Å². The van der Waals surface area contributed by atoms with Crippen molar-refractivity contribution in [2.45, 2.75) is 58.4 Å². The van der Waals surface area contributed by atoms with Crippen LogP contribution in [-0.2, 0) is 0 Å². The van der Waals surface area contributed by atoms with Crippen molar-refractivity contribution in [3.05, 3.63) is 0 Å². The monoisotopic (exact) mass is 207 g/mol. The Kier molecular flexibility index (Phi) is 2.35. The standard InChI is InChI=1S/C14H25N/c1-3-15-10(2)14-7-11-4-12(8-14)6-13(5-11)9-14/h10-13,15H,3-9H2,1-2H3/t10-,11?,12?,13?,14?/m1/s1. The predicted molar refractivity (Wildman–Crippen MR) is 63.7 cm³/mol. The van der Waals surface area contributed by atoms with Gasteiger partial charge in [-0.05, 0) is 75.2 Å². The van der Waals surface area contributed by atoms with E-state index >= 15 is 0 Å². The molecule has 15 heavy (non-hydrogen) atoms. The van der Waals surface area contributed by atoms with E-state index in [-0.39, 0.29) is 0 Å². The molecule has 4 aliphatic rings. The van der Waals surface area contributed by atoms with Crippen molar-refractivity contribution < 1.29 is 0 Å². The first-order chi connectivity index (χ1) is 7.22. The minimum absolute atomic E-state index is 0.699. The summed E-state index contributed by atoms with van der Waals surface area (Å²) in [5.41, 5.74) is 0.699. The Morgan fingerprint density at radius 3 is 1.93 bits per heavy atom. The Hall–Kier alpha value is -0.0400. The highest BCUT2D eigenvalue weighted by atomic mass is 14.9. The molecular weight excluding hydrogens is 182 g/mol. The molecule has 0 aromatic carbocycles. The number of hydrogen-bond acceptors (Lipinski definition) is 1. The van der Waals surface area contributed by atoms with E-state index in [0.29, 0.717) is 5.41 Å². The van der Waals surface area contributed by atoms with Crippen molar-refractivity contribution in [1.29, 1.82) is 0 Å². The molecule has 0 amide bonds. The molecule has 1 atom stereocenters. The highest BCUT2D eigenvalue weighted by molar-refractivity contribution is 5.04. The van der Waals surface area contributed by atoms with Crippen molar-refractivity contribution >= 4 is 0 Å². The summed E-state index contributed by atoms with van der Waals surface area (Å²) in [4.78, 5) is 0. The molecule has 4 rings (SSSR count). The third kappa shape index (κ3) is 1.54. The van der Waals surface area contributed by atoms with Gasteiger partial charge < -0.3 is 5.32 Å². The molecule has 1 heteroatoms. The molecule has 86 valence electrons. The molecule has 4 saturated carbocycles. The fourth-order valence-electron chi connectivity index (χ4n) is 5.23. The fraction of sp³-hybridized carbons (Fsp3) is 1.00. The zero-order valence-electron chi connectivity index (χ0n) is 10.3. The molecule has 0 heterocycles. The molecule has 4 bridgehead atoms. The second-order valence-electron chi connectivity index (χ2n) is 6.56. The second kappa shape index (κ2) is 3.48. The normalized spacial score (nSPS) is 49.6. The van der Waals surface area contributed by atoms with Crippen LogP contribution in [-0.4, -0.2) is 12.6 Å². The lowest BCUT2D eigenvalue weighted by atomic mass is 9.48. The first-order valence-electron chi connectivity index (χ1n) is 6.95. The Bertz CT molecular complexity index is 210. The Balaban J connectivity index is 1.80. The Morgan fingerprint density at radius 1 is 1.07 bits per heavy atom. The largest absolute Gasteiger partial charge is 0.314 e. The van der Waals surface area contributed by atoms with Crippen LogP contribution in [0.3, 0.4) is 0 Å². The van der Waals surface area contributed by atoms with E-state index < -0.39 is 0 Å². The van der Waals surface area contributed by atoms with Crippen molar-refractivity contribution in [2.24, 2.45) is 23.2 Å². The van der Waals surface area contributed by atoms with Crippen LogP contribution in [0, 0.1) is 23.2 Å². The average molecular weight is 207 g/mol. The summed E-state index contributed by atoms with van der Waals surface area (Å²) in [6, 6.07) is 0.760. The number of nitrogens with one attached hydrogen (secondary N) is 1. The predicted octanol–water partition coefficient (Wildman–Crippen LogP) is 3.20. The van der Waals surface area contributed by atoms with E-state index in [0.717, 1.165) is 30.3 Å². The minimum Gasteiger partial charge on any atom is -0.314 e. The second-order valence-corrected chi connectivity index (χ2v) is 6.56. The summed E-state index contributed by atoms with van der Waals surface area (Å²) in [7, 11) is 0. The molecule has 0 aromatic heterocycles. The maximum absolute atomic E-state index is 3.70. The first kappa shape index (κ1) is 10.1. The van der Waals surface area contributed by atoms with Gasteiger partial charge in [0.2, 0.25) is 0 Å². The van der Waals surface area contributed by atoms with Crippen LogP contribution in [0.4, 0.5) is 0 Å². The van der Waals surface area contributed by atoms with E-state index in [9.17, 15) is 0 Å². The molecular formula is C14H25N. The highest BCUT2D eigenvalue weighted by Gasteiger charge is 2.52. The summed E-state index contributed by atoms with van der Waals surface area (Å²) in [5, 5.41) is 3.70. The van der Waals surface area contributed by atoms with Gasteiger partial charge >= 0.3 is 0 Å². The summed E-state index contributed by atoms with van der Waals surface area (Å²) >= 11 is 0. The van der Waals surface area contributed by atoms with Gasteiger partial charge in [0.1, 0.15) is 0 Å². The van der Waals surface area contributed by atoms with Gasteiger partial charge in [-0.25, -0.2) is 0 Å². The molecule has 1 nitrogen and oxygen atoms in total.